The van der Waals surface area contributed by atoms with E-state index in [1.165, 1.54) is 0 Å². The van der Waals surface area contributed by atoms with Crippen LogP contribution < -0.4 is 10.1 Å². The summed E-state index contributed by atoms with van der Waals surface area (Å²) in [4.78, 5) is 29.0. The molecule has 1 N–H and O–H groups in total. The number of rotatable bonds is 6. The van der Waals surface area contributed by atoms with Crippen molar-refractivity contribution in [2.75, 3.05) is 45.2 Å². The summed E-state index contributed by atoms with van der Waals surface area (Å²) in [6.07, 6.45) is 0.351. The number of piperazine rings is 1. The Bertz CT molecular complexity index is 888. The second-order valence-electron chi connectivity index (χ2n) is 7.10. The highest BCUT2D eigenvalue weighted by molar-refractivity contribution is 6.31. The number of hydrogen-bond acceptors (Lipinski definition) is 5. The van der Waals surface area contributed by atoms with Gasteiger partial charge in [0, 0.05) is 44.2 Å². The summed E-state index contributed by atoms with van der Waals surface area (Å²) in [5, 5.41) is 3.38. The number of nitrogens with one attached hydrogen (secondary N) is 1. The number of amides is 2. The number of benzene rings is 1. The van der Waals surface area contributed by atoms with Gasteiger partial charge in [0.1, 0.15) is 17.3 Å². The van der Waals surface area contributed by atoms with E-state index in [9.17, 15) is 9.59 Å². The predicted molar refractivity (Wildman–Crippen MR) is 112 cm³/mol. The van der Waals surface area contributed by atoms with Crippen LogP contribution >= 0.6 is 11.6 Å². The molecule has 0 spiro atoms. The Morgan fingerprint density at radius 1 is 1.17 bits per heavy atom. The first-order valence-electron chi connectivity index (χ1n) is 9.59. The Hall–Kier alpha value is -2.51. The minimum Gasteiger partial charge on any atom is -0.495 e. The normalized spacial score (nSPS) is 14.7. The number of anilines is 1. The number of carbonyl (C=O) groups is 2. The summed E-state index contributed by atoms with van der Waals surface area (Å²) in [5.41, 5.74) is 1.19. The number of hydrogen-bond donors (Lipinski definition) is 1. The van der Waals surface area contributed by atoms with Crippen LogP contribution in [0.2, 0.25) is 5.02 Å². The number of aryl methyl sites for hydroxylation is 2. The molecule has 1 saturated heterocycles. The average molecular weight is 420 g/mol. The molecular formula is C21H26ClN3O4. The predicted octanol–water partition coefficient (Wildman–Crippen LogP) is 3.35. The van der Waals surface area contributed by atoms with Crippen LogP contribution in [-0.4, -0.2) is 61.4 Å². The van der Waals surface area contributed by atoms with Crippen molar-refractivity contribution in [1.29, 1.82) is 0 Å². The van der Waals surface area contributed by atoms with Crippen LogP contribution in [-0.2, 0) is 4.79 Å². The molecule has 7 nitrogen and oxygen atoms in total. The highest BCUT2D eigenvalue weighted by Crippen LogP contribution is 2.27. The van der Waals surface area contributed by atoms with Crippen molar-refractivity contribution in [3.8, 4) is 5.75 Å². The van der Waals surface area contributed by atoms with Crippen LogP contribution in [0.4, 0.5) is 5.69 Å². The van der Waals surface area contributed by atoms with Crippen molar-refractivity contribution in [3.05, 3.63) is 46.4 Å². The summed E-state index contributed by atoms with van der Waals surface area (Å²) >= 11 is 6.00. The topological polar surface area (TPSA) is 75.0 Å². The summed E-state index contributed by atoms with van der Waals surface area (Å²) in [7, 11) is 1.55. The van der Waals surface area contributed by atoms with Gasteiger partial charge >= 0.3 is 0 Å². The van der Waals surface area contributed by atoms with Crippen molar-refractivity contribution in [2.45, 2.75) is 20.3 Å². The fourth-order valence-electron chi connectivity index (χ4n) is 3.44. The minimum absolute atomic E-state index is 0.00444. The van der Waals surface area contributed by atoms with Crippen LogP contribution in [0.15, 0.2) is 28.7 Å². The first-order chi connectivity index (χ1) is 13.9. The molecule has 0 atom stereocenters. The molecule has 1 fully saturated rings. The van der Waals surface area contributed by atoms with Gasteiger partial charge in [0.05, 0.1) is 18.4 Å². The Kier molecular flexibility index (Phi) is 6.82. The molecular weight excluding hydrogens is 394 g/mol. The maximum absolute atomic E-state index is 12.7. The van der Waals surface area contributed by atoms with Gasteiger partial charge in [-0.1, -0.05) is 11.6 Å². The number of carbonyl (C=O) groups excluding carboxylic acids is 2. The van der Waals surface area contributed by atoms with E-state index in [1.54, 1.807) is 31.4 Å². The van der Waals surface area contributed by atoms with Gasteiger partial charge in [-0.25, -0.2) is 0 Å². The Balaban J connectivity index is 1.46. The summed E-state index contributed by atoms with van der Waals surface area (Å²) in [6, 6.07) is 6.89. The fraction of sp³-hybridized carbons (Fsp3) is 0.429. The van der Waals surface area contributed by atoms with Crippen molar-refractivity contribution < 1.29 is 18.7 Å². The van der Waals surface area contributed by atoms with Gasteiger partial charge in [0.2, 0.25) is 5.91 Å². The number of furan rings is 1. The van der Waals surface area contributed by atoms with Crippen LogP contribution in [0.3, 0.4) is 0 Å². The van der Waals surface area contributed by atoms with Crippen molar-refractivity contribution in [3.63, 3.8) is 0 Å². The summed E-state index contributed by atoms with van der Waals surface area (Å²) in [6.45, 7) is 7.00. The molecule has 1 aliphatic rings. The van der Waals surface area contributed by atoms with Gasteiger partial charge in [0.25, 0.3) is 5.91 Å². The van der Waals surface area contributed by atoms with Crippen molar-refractivity contribution >= 4 is 29.1 Å². The molecule has 29 heavy (non-hydrogen) atoms. The second kappa shape index (κ2) is 9.33. The molecule has 0 radical (unpaired) electrons. The smallest absolute Gasteiger partial charge is 0.257 e. The zero-order chi connectivity index (χ0) is 21.0. The molecule has 1 aliphatic heterocycles. The van der Waals surface area contributed by atoms with E-state index in [0.717, 1.165) is 18.8 Å². The van der Waals surface area contributed by atoms with E-state index < -0.39 is 0 Å². The zero-order valence-electron chi connectivity index (χ0n) is 17.0. The molecule has 2 aromatic rings. The number of methoxy groups -OCH3 is 1. The average Bonchev–Trinajstić information content (AvgIpc) is 3.04. The molecule has 2 heterocycles. The Labute approximate surface area is 175 Å². The molecule has 3 rings (SSSR count). The molecule has 8 heteroatoms. The zero-order valence-corrected chi connectivity index (χ0v) is 17.7. The Morgan fingerprint density at radius 3 is 2.52 bits per heavy atom. The maximum Gasteiger partial charge on any atom is 0.257 e. The third-order valence-corrected chi connectivity index (χ3v) is 5.26. The first-order valence-corrected chi connectivity index (χ1v) is 9.97. The van der Waals surface area contributed by atoms with Gasteiger partial charge in [-0.3, -0.25) is 14.5 Å². The van der Waals surface area contributed by atoms with Crippen LogP contribution in [0.1, 0.15) is 28.3 Å². The molecule has 0 unspecified atom stereocenters. The minimum atomic E-state index is -0.103. The van der Waals surface area contributed by atoms with E-state index in [2.05, 4.69) is 10.2 Å². The van der Waals surface area contributed by atoms with Crippen molar-refractivity contribution in [2.24, 2.45) is 0 Å². The van der Waals surface area contributed by atoms with Gasteiger partial charge in [0.15, 0.2) is 0 Å². The molecule has 0 aliphatic carbocycles. The highest BCUT2D eigenvalue weighted by atomic mass is 35.5. The van der Waals surface area contributed by atoms with E-state index in [-0.39, 0.29) is 11.8 Å². The molecule has 156 valence electrons. The van der Waals surface area contributed by atoms with Gasteiger partial charge in [-0.15, -0.1) is 0 Å². The molecule has 1 aromatic carbocycles. The lowest BCUT2D eigenvalue weighted by molar-refractivity contribution is -0.116. The number of halogens is 1. The van der Waals surface area contributed by atoms with Gasteiger partial charge < -0.3 is 19.4 Å². The highest BCUT2D eigenvalue weighted by Gasteiger charge is 2.25. The lowest BCUT2D eigenvalue weighted by atomic mass is 10.2. The van der Waals surface area contributed by atoms with E-state index in [4.69, 9.17) is 20.8 Å². The second-order valence-corrected chi connectivity index (χ2v) is 7.54. The molecule has 2 amide bonds. The maximum atomic E-state index is 12.7. The lowest BCUT2D eigenvalue weighted by Crippen LogP contribution is -2.49. The SMILES string of the molecule is COc1ccc(Cl)cc1NC(=O)CCN1CCN(C(=O)c2cc(C)oc2C)CC1. The van der Waals surface area contributed by atoms with Crippen molar-refractivity contribution in [1.82, 2.24) is 9.80 Å². The van der Waals surface area contributed by atoms with Gasteiger partial charge in [-0.2, -0.15) is 0 Å². The van der Waals surface area contributed by atoms with E-state index in [0.29, 0.717) is 53.8 Å². The largest absolute Gasteiger partial charge is 0.495 e. The fourth-order valence-corrected chi connectivity index (χ4v) is 3.61. The first kappa shape index (κ1) is 21.2. The molecule has 0 bridgehead atoms. The number of nitrogens with zero attached hydrogens (tertiary/aromatic N) is 2. The third kappa shape index (κ3) is 5.31. The lowest BCUT2D eigenvalue weighted by Gasteiger charge is -2.34. The Morgan fingerprint density at radius 2 is 1.90 bits per heavy atom. The number of ether oxygens (including phenoxy) is 1. The summed E-state index contributed by atoms with van der Waals surface area (Å²) in [5.74, 6) is 1.87. The monoisotopic (exact) mass is 419 g/mol. The molecule has 0 saturated carbocycles. The quantitative estimate of drug-likeness (QED) is 0.777. The summed E-state index contributed by atoms with van der Waals surface area (Å²) < 4.78 is 10.7. The molecule has 1 aromatic heterocycles. The standard InChI is InChI=1S/C21H26ClN3O4/c1-14-12-17(15(2)29-14)21(27)25-10-8-24(9-11-25)7-6-20(26)23-18-13-16(22)4-5-19(18)28-3/h4-5,12-13H,6-11H2,1-3H3,(H,23,26). The van der Waals surface area contributed by atoms with Crippen LogP contribution in [0.5, 0.6) is 5.75 Å². The van der Waals surface area contributed by atoms with Gasteiger partial charge in [-0.05, 0) is 38.1 Å². The third-order valence-electron chi connectivity index (χ3n) is 5.02. The van der Waals surface area contributed by atoms with E-state index >= 15 is 0 Å². The van der Waals surface area contributed by atoms with Crippen LogP contribution in [0, 0.1) is 13.8 Å². The van der Waals surface area contributed by atoms with E-state index in [1.807, 2.05) is 18.7 Å². The van der Waals surface area contributed by atoms with Crippen LogP contribution in [0.25, 0.3) is 0 Å².